The zero-order valence-electron chi connectivity index (χ0n) is 19.7. The third-order valence-electron chi connectivity index (χ3n) is 5.99. The molecule has 0 aliphatic carbocycles. The van der Waals surface area contributed by atoms with Gasteiger partial charge >= 0.3 is 0 Å². The molecule has 0 rings (SSSR count). The second kappa shape index (κ2) is 22.8. The van der Waals surface area contributed by atoms with Crippen LogP contribution in [0.25, 0.3) is 0 Å². The van der Waals surface area contributed by atoms with E-state index < -0.39 is 7.53 Å². The minimum atomic E-state index is -0.414. The average Bonchev–Trinajstić information content (AvgIpc) is 2.70. The molecule has 0 heterocycles. The van der Waals surface area contributed by atoms with E-state index in [0.717, 1.165) is 0 Å². The highest BCUT2D eigenvalue weighted by Gasteiger charge is 2.19. The van der Waals surface area contributed by atoms with Gasteiger partial charge in [0.2, 0.25) is 0 Å². The fraction of sp³-hybridized carbons (Fsp3) is 1.00. The molecular weight excluding hydrogens is 432 g/mol. The lowest BCUT2D eigenvalue weighted by Crippen LogP contribution is -2.19. The van der Waals surface area contributed by atoms with Gasteiger partial charge in [0.1, 0.15) is 0 Å². The summed E-state index contributed by atoms with van der Waals surface area (Å²) < 4.78 is 11.8. The van der Waals surface area contributed by atoms with Crippen LogP contribution in [0.15, 0.2) is 0 Å². The van der Waals surface area contributed by atoms with E-state index in [1.54, 1.807) is 0 Å². The lowest BCUT2D eigenvalue weighted by Gasteiger charge is -2.26. The van der Waals surface area contributed by atoms with Crippen molar-refractivity contribution >= 4 is 34.8 Å². The third kappa shape index (κ3) is 20.0. The first-order valence-corrected chi connectivity index (χ1v) is 17.3. The molecular formula is C23H52O2P4. The second-order valence-corrected chi connectivity index (χ2v) is 14.8. The maximum atomic E-state index is 6.22. The summed E-state index contributed by atoms with van der Waals surface area (Å²) >= 11 is 0. The molecule has 0 saturated carbocycles. The lowest BCUT2D eigenvalue weighted by molar-refractivity contribution is 0.145. The van der Waals surface area contributed by atoms with Gasteiger partial charge < -0.3 is 9.05 Å². The molecule has 6 atom stereocenters. The van der Waals surface area contributed by atoms with Crippen LogP contribution < -0.4 is 0 Å². The van der Waals surface area contributed by atoms with E-state index in [1.807, 2.05) is 0 Å². The van der Waals surface area contributed by atoms with E-state index >= 15 is 0 Å². The number of rotatable bonds is 22. The second-order valence-electron chi connectivity index (χ2n) is 8.78. The maximum absolute atomic E-state index is 6.22. The minimum absolute atomic E-state index is 0.414. The smallest absolute Gasteiger partial charge is 0.0652 e. The van der Waals surface area contributed by atoms with Crippen LogP contribution >= 0.6 is 34.8 Å². The van der Waals surface area contributed by atoms with Gasteiger partial charge in [-0.2, -0.15) is 0 Å². The van der Waals surface area contributed by atoms with Crippen molar-refractivity contribution in [3.05, 3.63) is 0 Å². The summed E-state index contributed by atoms with van der Waals surface area (Å²) in [5.41, 5.74) is 0. The van der Waals surface area contributed by atoms with Crippen LogP contribution in [0.5, 0.6) is 0 Å². The molecule has 0 N–H and O–H groups in total. The van der Waals surface area contributed by atoms with E-state index in [2.05, 4.69) is 48.1 Å². The molecule has 0 spiro atoms. The van der Waals surface area contributed by atoms with Gasteiger partial charge in [-0.3, -0.25) is 0 Å². The van der Waals surface area contributed by atoms with Crippen molar-refractivity contribution in [1.29, 1.82) is 0 Å². The molecule has 0 aromatic carbocycles. The standard InChI is InChI=1S/C23H52O2P4/c1-4-6-8-15-18-22(24-26)19-16-12-10-9-11-14-17-21(3)23(25-29(27)28)20-13-7-5-2/h21-23H,4-20,26-28H2,1-3H3. The van der Waals surface area contributed by atoms with Crippen molar-refractivity contribution in [1.82, 2.24) is 0 Å². The summed E-state index contributed by atoms with van der Waals surface area (Å²) in [6.45, 7) is 6.95. The van der Waals surface area contributed by atoms with Gasteiger partial charge in [-0.1, -0.05) is 122 Å². The summed E-state index contributed by atoms with van der Waals surface area (Å²) in [7, 11) is 7.73. The zero-order chi connectivity index (χ0) is 21.7. The molecule has 2 nitrogen and oxygen atoms in total. The fourth-order valence-electron chi connectivity index (χ4n) is 4.00. The molecule has 0 aromatic heterocycles. The molecule has 0 fully saturated rings. The van der Waals surface area contributed by atoms with Gasteiger partial charge in [0.25, 0.3) is 0 Å². The molecule has 0 aromatic rings. The van der Waals surface area contributed by atoms with Crippen molar-refractivity contribution in [3.63, 3.8) is 0 Å². The summed E-state index contributed by atoms with van der Waals surface area (Å²) in [4.78, 5) is 0. The van der Waals surface area contributed by atoms with Crippen molar-refractivity contribution in [2.75, 3.05) is 0 Å². The lowest BCUT2D eigenvalue weighted by atomic mass is 9.93. The average molecular weight is 485 g/mol. The van der Waals surface area contributed by atoms with Crippen LogP contribution in [0.1, 0.15) is 130 Å². The SMILES string of the molecule is CCCCCCC(CCCCCCCCC(C)C(CCCCC)OP(P)P)OP. The summed E-state index contributed by atoms with van der Waals surface area (Å²) in [5.74, 6) is 0.686. The topological polar surface area (TPSA) is 18.5 Å². The van der Waals surface area contributed by atoms with Crippen molar-refractivity contribution in [3.8, 4) is 0 Å². The first-order chi connectivity index (χ1) is 14.0. The maximum Gasteiger partial charge on any atom is 0.0652 e. The van der Waals surface area contributed by atoms with E-state index in [0.29, 0.717) is 18.1 Å². The Kier molecular flexibility index (Phi) is 24.1. The molecule has 176 valence electrons. The zero-order valence-corrected chi connectivity index (χ0v) is 24.1. The Hall–Kier alpha value is 1.64. The van der Waals surface area contributed by atoms with Crippen LogP contribution in [0.2, 0.25) is 0 Å². The van der Waals surface area contributed by atoms with E-state index in [-0.39, 0.29) is 0 Å². The largest absolute Gasteiger partial charge is 0.362 e. The predicted molar refractivity (Wildman–Crippen MR) is 145 cm³/mol. The Morgan fingerprint density at radius 2 is 1.10 bits per heavy atom. The van der Waals surface area contributed by atoms with E-state index in [1.165, 1.54) is 109 Å². The van der Waals surface area contributed by atoms with Gasteiger partial charge in [0.05, 0.1) is 19.7 Å². The third-order valence-corrected chi connectivity index (χ3v) is 7.62. The van der Waals surface area contributed by atoms with Gasteiger partial charge in [-0.15, -0.1) is 0 Å². The van der Waals surface area contributed by atoms with Crippen LogP contribution in [0.3, 0.4) is 0 Å². The summed E-state index contributed by atoms with van der Waals surface area (Å²) in [5, 5.41) is 0. The molecule has 6 heteroatoms. The van der Waals surface area contributed by atoms with E-state index in [4.69, 9.17) is 9.05 Å². The molecule has 0 aliphatic heterocycles. The van der Waals surface area contributed by atoms with Gasteiger partial charge in [-0.05, 0) is 31.6 Å². The van der Waals surface area contributed by atoms with Crippen LogP contribution in [-0.4, -0.2) is 12.2 Å². The number of hydrogen-bond donors (Lipinski definition) is 0. The van der Waals surface area contributed by atoms with Gasteiger partial charge in [0.15, 0.2) is 0 Å². The minimum Gasteiger partial charge on any atom is -0.362 e. The molecule has 6 unspecified atom stereocenters. The highest BCUT2D eigenvalue weighted by molar-refractivity contribution is 8.41. The normalized spacial score (nSPS) is 15.0. The number of hydrogen-bond acceptors (Lipinski definition) is 2. The predicted octanol–water partition coefficient (Wildman–Crippen LogP) is 9.83. The van der Waals surface area contributed by atoms with Crippen LogP contribution in [-0.2, 0) is 9.05 Å². The Morgan fingerprint density at radius 1 is 0.655 bits per heavy atom. The quantitative estimate of drug-likeness (QED) is 0.112. The molecule has 0 bridgehead atoms. The fourth-order valence-corrected chi connectivity index (χ4v) is 5.84. The van der Waals surface area contributed by atoms with Gasteiger partial charge in [0, 0.05) is 9.47 Å². The molecule has 0 radical (unpaired) electrons. The first kappa shape index (κ1) is 30.6. The van der Waals surface area contributed by atoms with Crippen LogP contribution in [0.4, 0.5) is 0 Å². The van der Waals surface area contributed by atoms with Crippen molar-refractivity contribution in [2.45, 2.75) is 142 Å². The number of unbranched alkanes of at least 4 members (excludes halogenated alkanes) is 10. The Balaban J connectivity index is 3.74. The summed E-state index contributed by atoms with van der Waals surface area (Å²) in [6, 6.07) is 0. The van der Waals surface area contributed by atoms with Crippen molar-refractivity contribution in [2.24, 2.45) is 5.92 Å². The van der Waals surface area contributed by atoms with Crippen molar-refractivity contribution < 1.29 is 9.05 Å². The highest BCUT2D eigenvalue weighted by atomic mass is 32.4. The Labute approximate surface area is 191 Å². The summed E-state index contributed by atoms with van der Waals surface area (Å²) in [6.07, 6.45) is 23.4. The molecule has 0 saturated heterocycles. The molecule has 29 heavy (non-hydrogen) atoms. The van der Waals surface area contributed by atoms with Crippen LogP contribution in [0, 0.1) is 5.92 Å². The Morgan fingerprint density at radius 3 is 1.62 bits per heavy atom. The first-order valence-electron chi connectivity index (χ1n) is 12.4. The Bertz CT molecular complexity index is 332. The highest BCUT2D eigenvalue weighted by Crippen LogP contribution is 2.55. The van der Waals surface area contributed by atoms with E-state index in [9.17, 15) is 0 Å². The van der Waals surface area contributed by atoms with Gasteiger partial charge in [-0.25, -0.2) is 0 Å². The molecule has 0 amide bonds. The molecule has 0 aliphatic rings. The monoisotopic (exact) mass is 484 g/mol.